The summed E-state index contributed by atoms with van der Waals surface area (Å²) in [7, 11) is 0. The van der Waals surface area contributed by atoms with E-state index in [0.717, 1.165) is 16.7 Å². The molecule has 1 amide bonds. The second-order valence-corrected chi connectivity index (χ2v) is 7.29. The van der Waals surface area contributed by atoms with E-state index in [1.54, 1.807) is 23.1 Å². The number of fused-ring (bicyclic) bond motifs is 1. The number of rotatable bonds is 4. The summed E-state index contributed by atoms with van der Waals surface area (Å²) in [5, 5.41) is 0.691. The number of nitrogens with zero attached hydrogens (tertiary/aromatic N) is 1. The Morgan fingerprint density at radius 2 is 1.60 bits per heavy atom. The number of hydrogen-bond acceptors (Lipinski definition) is 4. The average Bonchev–Trinajstić information content (AvgIpc) is 2.73. The van der Waals surface area contributed by atoms with Gasteiger partial charge in [0.1, 0.15) is 11.3 Å². The topological polar surface area (TPSA) is 55.8 Å². The van der Waals surface area contributed by atoms with Gasteiger partial charge in [0.25, 0.3) is 5.95 Å². The minimum Gasteiger partial charge on any atom is -0.425 e. The van der Waals surface area contributed by atoms with E-state index in [2.05, 4.69) is 6.58 Å². The van der Waals surface area contributed by atoms with Gasteiger partial charge >= 0.3 is 5.97 Å². The molecule has 0 fully saturated rings. The van der Waals surface area contributed by atoms with Gasteiger partial charge in [-0.25, -0.2) is 4.79 Å². The van der Waals surface area contributed by atoms with E-state index in [1.807, 2.05) is 48.5 Å². The van der Waals surface area contributed by atoms with E-state index in [9.17, 15) is 9.59 Å². The largest absolute Gasteiger partial charge is 0.425 e. The third kappa shape index (κ3) is 4.07. The molecule has 0 saturated carbocycles. The van der Waals surface area contributed by atoms with E-state index in [1.165, 1.54) is 6.92 Å². The lowest BCUT2D eigenvalue weighted by molar-refractivity contribution is -0.116. The summed E-state index contributed by atoms with van der Waals surface area (Å²) >= 11 is 5.95. The van der Waals surface area contributed by atoms with Crippen molar-refractivity contribution in [2.24, 2.45) is 0 Å². The van der Waals surface area contributed by atoms with Crippen LogP contribution >= 0.6 is 11.6 Å². The molecule has 0 saturated heterocycles. The van der Waals surface area contributed by atoms with Crippen LogP contribution in [0, 0.1) is 0 Å². The highest BCUT2D eigenvalue weighted by Gasteiger charge is 2.25. The summed E-state index contributed by atoms with van der Waals surface area (Å²) < 4.78 is 10.3. The number of ether oxygens (including phenoxy) is 2. The standard InChI is InChI=1S/C24H18ClNO4/c1-15(27)26(21-11-12-23-22(13-21)24(28)30-16(2)29-23)14-17-3-5-18(6-4-17)19-7-9-20(25)10-8-19/h3-13H,2,14H2,1H3. The molecule has 0 atom stereocenters. The Bertz CT molecular complexity index is 1140. The number of carbonyl (C=O) groups is 2. The van der Waals surface area contributed by atoms with Crippen molar-refractivity contribution in [2.75, 3.05) is 4.90 Å². The quantitative estimate of drug-likeness (QED) is 0.518. The molecular formula is C24H18ClNO4. The van der Waals surface area contributed by atoms with E-state index < -0.39 is 5.97 Å². The number of amides is 1. The smallest absolute Gasteiger partial charge is 0.349 e. The molecule has 1 aliphatic heterocycles. The van der Waals surface area contributed by atoms with Gasteiger partial charge in [0, 0.05) is 17.6 Å². The van der Waals surface area contributed by atoms with Crippen molar-refractivity contribution in [3.8, 4) is 16.9 Å². The summed E-state index contributed by atoms with van der Waals surface area (Å²) in [6, 6.07) is 20.5. The van der Waals surface area contributed by atoms with Crippen LogP contribution in [0.4, 0.5) is 5.69 Å². The lowest BCUT2D eigenvalue weighted by Gasteiger charge is -2.24. The normalized spacial score (nSPS) is 12.6. The Morgan fingerprint density at radius 3 is 2.23 bits per heavy atom. The molecule has 0 radical (unpaired) electrons. The van der Waals surface area contributed by atoms with Crippen LogP contribution in [0.25, 0.3) is 11.1 Å². The number of halogens is 1. The summed E-state index contributed by atoms with van der Waals surface area (Å²) in [5.74, 6) is -0.412. The third-order valence-corrected chi connectivity index (χ3v) is 5.03. The van der Waals surface area contributed by atoms with Gasteiger partial charge < -0.3 is 14.4 Å². The highest BCUT2D eigenvalue weighted by molar-refractivity contribution is 6.30. The van der Waals surface area contributed by atoms with E-state index >= 15 is 0 Å². The molecule has 0 spiro atoms. The van der Waals surface area contributed by atoms with Crippen molar-refractivity contribution >= 4 is 29.2 Å². The molecule has 4 rings (SSSR count). The average molecular weight is 420 g/mol. The molecule has 1 heterocycles. The summed E-state index contributed by atoms with van der Waals surface area (Å²) in [6.07, 6.45) is 0. The fourth-order valence-electron chi connectivity index (χ4n) is 3.25. The molecular weight excluding hydrogens is 402 g/mol. The maximum Gasteiger partial charge on any atom is 0.349 e. The monoisotopic (exact) mass is 419 g/mol. The lowest BCUT2D eigenvalue weighted by Crippen LogP contribution is -2.28. The maximum atomic E-state index is 12.3. The van der Waals surface area contributed by atoms with Crippen LogP contribution in [0.15, 0.2) is 79.3 Å². The Labute approximate surface area is 179 Å². The van der Waals surface area contributed by atoms with Crippen molar-refractivity contribution in [1.29, 1.82) is 0 Å². The molecule has 5 nitrogen and oxygen atoms in total. The minimum absolute atomic E-state index is 0.0653. The Balaban J connectivity index is 1.58. The molecule has 0 bridgehead atoms. The van der Waals surface area contributed by atoms with Gasteiger partial charge in [0.05, 0.1) is 6.54 Å². The van der Waals surface area contributed by atoms with Gasteiger partial charge in [0.2, 0.25) is 5.91 Å². The van der Waals surface area contributed by atoms with Crippen LogP contribution in [-0.2, 0) is 16.1 Å². The summed E-state index contributed by atoms with van der Waals surface area (Å²) in [4.78, 5) is 26.0. The van der Waals surface area contributed by atoms with Crippen LogP contribution in [0.1, 0.15) is 22.8 Å². The van der Waals surface area contributed by atoms with E-state index in [-0.39, 0.29) is 17.4 Å². The first-order valence-electron chi connectivity index (χ1n) is 9.27. The molecule has 3 aromatic carbocycles. The molecule has 0 aromatic heterocycles. The van der Waals surface area contributed by atoms with Crippen molar-refractivity contribution in [2.45, 2.75) is 13.5 Å². The first-order chi connectivity index (χ1) is 14.4. The van der Waals surface area contributed by atoms with Gasteiger partial charge in [-0.2, -0.15) is 0 Å². The van der Waals surface area contributed by atoms with Crippen LogP contribution in [0.5, 0.6) is 5.75 Å². The summed E-state index contributed by atoms with van der Waals surface area (Å²) in [5.41, 5.74) is 3.90. The first-order valence-corrected chi connectivity index (χ1v) is 9.64. The fraction of sp³-hybridized carbons (Fsp3) is 0.0833. The molecule has 3 aromatic rings. The fourth-order valence-corrected chi connectivity index (χ4v) is 3.37. The molecule has 30 heavy (non-hydrogen) atoms. The van der Waals surface area contributed by atoms with Crippen LogP contribution in [-0.4, -0.2) is 11.9 Å². The first kappa shape index (κ1) is 19.7. The maximum absolute atomic E-state index is 12.3. The second kappa shape index (κ2) is 8.05. The van der Waals surface area contributed by atoms with E-state index in [4.69, 9.17) is 21.1 Å². The zero-order valence-electron chi connectivity index (χ0n) is 16.2. The number of anilines is 1. The molecule has 150 valence electrons. The van der Waals surface area contributed by atoms with Gasteiger partial charge in [-0.05, 0) is 53.6 Å². The highest BCUT2D eigenvalue weighted by atomic mass is 35.5. The van der Waals surface area contributed by atoms with Crippen molar-refractivity contribution in [3.63, 3.8) is 0 Å². The van der Waals surface area contributed by atoms with Gasteiger partial charge in [-0.3, -0.25) is 4.79 Å². The van der Waals surface area contributed by atoms with Gasteiger partial charge in [-0.1, -0.05) is 48.0 Å². The predicted octanol–water partition coefficient (Wildman–Crippen LogP) is 5.58. The number of benzene rings is 3. The number of cyclic esters (lactones) is 1. The molecule has 1 aliphatic rings. The van der Waals surface area contributed by atoms with Crippen LogP contribution < -0.4 is 9.64 Å². The zero-order chi connectivity index (χ0) is 21.3. The molecule has 6 heteroatoms. The number of hydrogen-bond donors (Lipinski definition) is 0. The van der Waals surface area contributed by atoms with Crippen LogP contribution in [0.3, 0.4) is 0 Å². The predicted molar refractivity (Wildman–Crippen MR) is 115 cm³/mol. The zero-order valence-corrected chi connectivity index (χ0v) is 17.0. The summed E-state index contributed by atoms with van der Waals surface area (Å²) in [6.45, 7) is 5.35. The Morgan fingerprint density at radius 1 is 0.967 bits per heavy atom. The Kier molecular flexibility index (Phi) is 5.29. The molecule has 0 N–H and O–H groups in total. The highest BCUT2D eigenvalue weighted by Crippen LogP contribution is 2.32. The lowest BCUT2D eigenvalue weighted by atomic mass is 10.0. The number of carbonyl (C=O) groups excluding carboxylic acids is 2. The van der Waals surface area contributed by atoms with Crippen molar-refractivity contribution in [3.05, 3.63) is 95.4 Å². The molecule has 0 aliphatic carbocycles. The van der Waals surface area contributed by atoms with Crippen molar-refractivity contribution in [1.82, 2.24) is 0 Å². The minimum atomic E-state index is -0.557. The Hall–Kier alpha value is -3.57. The van der Waals surface area contributed by atoms with Gasteiger partial charge in [0.15, 0.2) is 0 Å². The SMILES string of the molecule is C=C1OC(=O)c2cc(N(Cc3ccc(-c4ccc(Cl)cc4)cc3)C(C)=O)ccc2O1. The van der Waals surface area contributed by atoms with Crippen LogP contribution in [0.2, 0.25) is 5.02 Å². The number of esters is 1. The van der Waals surface area contributed by atoms with Crippen molar-refractivity contribution < 1.29 is 19.1 Å². The second-order valence-electron chi connectivity index (χ2n) is 6.85. The third-order valence-electron chi connectivity index (χ3n) is 4.78. The van der Waals surface area contributed by atoms with Gasteiger partial charge in [-0.15, -0.1) is 0 Å². The molecule has 0 unspecified atom stereocenters. The van der Waals surface area contributed by atoms with E-state index in [0.29, 0.717) is 23.0 Å².